The fourth-order valence-electron chi connectivity index (χ4n) is 3.11. The number of hydrogen-bond acceptors (Lipinski definition) is 7. The molecule has 1 aliphatic heterocycles. The Morgan fingerprint density at radius 3 is 2.77 bits per heavy atom. The molecule has 0 atom stereocenters. The molecule has 10 heteroatoms. The Morgan fingerprint density at radius 2 is 2.03 bits per heavy atom. The van der Waals surface area contributed by atoms with Gasteiger partial charge in [-0.2, -0.15) is 0 Å². The van der Waals surface area contributed by atoms with Gasteiger partial charge in [-0.05, 0) is 49.7 Å². The van der Waals surface area contributed by atoms with Crippen LogP contribution in [0.15, 0.2) is 46.7 Å². The average Bonchev–Trinajstić information content (AvgIpc) is 3.26. The van der Waals surface area contributed by atoms with E-state index in [0.717, 1.165) is 22.5 Å². The van der Waals surface area contributed by atoms with Gasteiger partial charge < -0.3 is 15.4 Å². The van der Waals surface area contributed by atoms with E-state index in [4.69, 9.17) is 9.88 Å². The molecular weight excluding hydrogens is 424 g/mol. The van der Waals surface area contributed by atoms with Gasteiger partial charge in [0.25, 0.3) is 0 Å². The van der Waals surface area contributed by atoms with Crippen LogP contribution in [0.4, 0.5) is 16.5 Å². The van der Waals surface area contributed by atoms with Crippen LogP contribution in [0, 0.1) is 0 Å². The molecule has 1 aliphatic rings. The lowest BCUT2D eigenvalue weighted by Gasteiger charge is -2.15. The van der Waals surface area contributed by atoms with Crippen molar-refractivity contribution in [3.63, 3.8) is 0 Å². The van der Waals surface area contributed by atoms with Gasteiger partial charge in [0.15, 0.2) is 5.13 Å². The summed E-state index contributed by atoms with van der Waals surface area (Å²) in [5.74, 6) is 0.478. The molecule has 2 aromatic carbocycles. The number of sulfonamides is 1. The lowest BCUT2D eigenvalue weighted by molar-refractivity contribution is -0.115. The van der Waals surface area contributed by atoms with E-state index < -0.39 is 10.0 Å². The van der Waals surface area contributed by atoms with E-state index in [0.29, 0.717) is 23.0 Å². The summed E-state index contributed by atoms with van der Waals surface area (Å²) in [6, 6.07) is 10.1. The Hall–Kier alpha value is -2.95. The van der Waals surface area contributed by atoms with Crippen LogP contribution < -0.4 is 20.5 Å². The molecular formula is C20H20N4O4S2. The van der Waals surface area contributed by atoms with Crippen molar-refractivity contribution >= 4 is 43.8 Å². The Kier molecular flexibility index (Phi) is 5.22. The van der Waals surface area contributed by atoms with Gasteiger partial charge in [0.2, 0.25) is 15.9 Å². The molecule has 0 radical (unpaired) electrons. The maximum absolute atomic E-state index is 11.7. The highest BCUT2D eigenvalue weighted by Crippen LogP contribution is 2.35. The van der Waals surface area contributed by atoms with Gasteiger partial charge in [-0.25, -0.2) is 18.5 Å². The minimum atomic E-state index is -3.86. The normalized spacial score (nSPS) is 13.3. The smallest absolute Gasteiger partial charge is 0.238 e. The summed E-state index contributed by atoms with van der Waals surface area (Å²) in [5.41, 5.74) is 3.87. The first kappa shape index (κ1) is 20.3. The molecule has 156 valence electrons. The van der Waals surface area contributed by atoms with Crippen molar-refractivity contribution in [3.05, 3.63) is 47.3 Å². The van der Waals surface area contributed by atoms with Crippen molar-refractivity contribution in [1.82, 2.24) is 4.98 Å². The fraction of sp³-hybridized carbons (Fsp3) is 0.200. The van der Waals surface area contributed by atoms with Crippen molar-refractivity contribution < 1.29 is 17.9 Å². The molecule has 1 amide bonds. The second kappa shape index (κ2) is 7.71. The molecule has 4 N–H and O–H groups in total. The number of fused-ring (bicyclic) bond motifs is 1. The number of amides is 1. The van der Waals surface area contributed by atoms with E-state index in [2.05, 4.69) is 15.6 Å². The zero-order valence-electron chi connectivity index (χ0n) is 16.3. The molecule has 0 saturated heterocycles. The second-order valence-electron chi connectivity index (χ2n) is 7.13. The molecule has 30 heavy (non-hydrogen) atoms. The largest absolute Gasteiger partial charge is 0.489 e. The van der Waals surface area contributed by atoms with Crippen LogP contribution in [-0.4, -0.2) is 25.4 Å². The number of nitrogens with two attached hydrogens (primary N) is 1. The van der Waals surface area contributed by atoms with Gasteiger partial charge in [0.05, 0.1) is 28.8 Å². The molecule has 3 aromatic rings. The Labute approximate surface area is 178 Å². The zero-order chi connectivity index (χ0) is 21.5. The number of nitrogens with one attached hydrogen (secondary N) is 2. The highest BCUT2D eigenvalue weighted by Gasteiger charge is 2.19. The Morgan fingerprint density at radius 1 is 1.23 bits per heavy atom. The molecule has 0 fully saturated rings. The summed E-state index contributed by atoms with van der Waals surface area (Å²) in [4.78, 5) is 16.1. The summed E-state index contributed by atoms with van der Waals surface area (Å²) >= 11 is 1.37. The predicted octanol–water partition coefficient (Wildman–Crippen LogP) is 3.48. The first-order valence-corrected chi connectivity index (χ1v) is 11.6. The number of hydrogen-bond donors (Lipinski definition) is 3. The zero-order valence-corrected chi connectivity index (χ0v) is 17.9. The number of thiazole rings is 1. The van der Waals surface area contributed by atoms with Crippen LogP contribution in [0.5, 0.6) is 5.75 Å². The van der Waals surface area contributed by atoms with Crippen molar-refractivity contribution in [2.75, 3.05) is 10.6 Å². The van der Waals surface area contributed by atoms with Crippen LogP contribution in [-0.2, 0) is 21.2 Å². The molecule has 4 rings (SSSR count). The second-order valence-corrected chi connectivity index (χ2v) is 9.55. The van der Waals surface area contributed by atoms with Crippen molar-refractivity contribution in [1.29, 1.82) is 0 Å². The van der Waals surface area contributed by atoms with Crippen molar-refractivity contribution in [2.24, 2.45) is 5.14 Å². The topological polar surface area (TPSA) is 123 Å². The van der Waals surface area contributed by atoms with Crippen LogP contribution >= 0.6 is 11.3 Å². The quantitative estimate of drug-likeness (QED) is 0.535. The number of ether oxygens (including phenoxy) is 1. The van der Waals surface area contributed by atoms with Gasteiger partial charge >= 0.3 is 0 Å². The summed E-state index contributed by atoms with van der Waals surface area (Å²) in [7, 11) is -3.86. The highest BCUT2D eigenvalue weighted by molar-refractivity contribution is 7.89. The highest BCUT2D eigenvalue weighted by atomic mass is 32.2. The van der Waals surface area contributed by atoms with Crippen molar-refractivity contribution in [2.45, 2.75) is 31.3 Å². The summed E-state index contributed by atoms with van der Waals surface area (Å²) in [5, 5.41) is 13.7. The number of anilines is 3. The molecule has 8 nitrogen and oxygen atoms in total. The number of nitrogens with zero attached hydrogens (tertiary/aromatic N) is 1. The third-order valence-corrected chi connectivity index (χ3v) is 6.08. The molecule has 0 spiro atoms. The standard InChI is InChI=1S/C20H20N4O4S2/c1-11(2)28-18-6-4-14(30(21,26)27)9-16(18)23-20-24-17(10-29-20)12-3-5-15-13(7-12)8-19(25)22-15/h3-7,9-11H,8H2,1-2H3,(H,22,25)(H,23,24)(H2,21,26,27). The van der Waals surface area contributed by atoms with Gasteiger partial charge in [0, 0.05) is 16.6 Å². The molecule has 0 aliphatic carbocycles. The fourth-order valence-corrected chi connectivity index (χ4v) is 4.38. The van der Waals surface area contributed by atoms with Crippen LogP contribution in [0.2, 0.25) is 0 Å². The predicted molar refractivity (Wildman–Crippen MR) is 117 cm³/mol. The van der Waals surface area contributed by atoms with Crippen LogP contribution in [0.1, 0.15) is 19.4 Å². The van der Waals surface area contributed by atoms with E-state index >= 15 is 0 Å². The van der Waals surface area contributed by atoms with Gasteiger partial charge in [-0.15, -0.1) is 11.3 Å². The average molecular weight is 445 g/mol. The minimum absolute atomic E-state index is 0.0183. The Bertz CT molecular complexity index is 1240. The van der Waals surface area contributed by atoms with E-state index in [9.17, 15) is 13.2 Å². The molecule has 0 saturated carbocycles. The lowest BCUT2D eigenvalue weighted by atomic mass is 10.1. The van der Waals surface area contributed by atoms with Crippen molar-refractivity contribution in [3.8, 4) is 17.0 Å². The number of rotatable bonds is 6. The summed E-state index contributed by atoms with van der Waals surface area (Å²) in [6.45, 7) is 3.76. The third kappa shape index (κ3) is 4.30. The SMILES string of the molecule is CC(C)Oc1ccc(S(N)(=O)=O)cc1Nc1nc(-c2ccc3c(c2)CC(=O)N3)cs1. The lowest BCUT2D eigenvalue weighted by Crippen LogP contribution is -2.13. The molecule has 0 unspecified atom stereocenters. The summed E-state index contributed by atoms with van der Waals surface area (Å²) in [6.07, 6.45) is 0.259. The van der Waals surface area contributed by atoms with E-state index in [1.54, 1.807) is 6.07 Å². The van der Waals surface area contributed by atoms with Gasteiger partial charge in [-0.1, -0.05) is 6.07 Å². The number of primary sulfonamides is 1. The van der Waals surface area contributed by atoms with Gasteiger partial charge in [-0.3, -0.25) is 4.79 Å². The van der Waals surface area contributed by atoms with E-state index in [-0.39, 0.29) is 16.9 Å². The first-order valence-electron chi connectivity index (χ1n) is 9.18. The molecule has 0 bridgehead atoms. The number of aromatic nitrogens is 1. The first-order chi connectivity index (χ1) is 14.2. The summed E-state index contributed by atoms with van der Waals surface area (Å²) < 4.78 is 29.3. The van der Waals surface area contributed by atoms with E-state index in [1.807, 2.05) is 37.4 Å². The third-order valence-electron chi connectivity index (χ3n) is 4.41. The monoisotopic (exact) mass is 444 g/mol. The van der Waals surface area contributed by atoms with E-state index in [1.165, 1.54) is 23.5 Å². The Balaban J connectivity index is 1.63. The van der Waals surface area contributed by atoms with Gasteiger partial charge in [0.1, 0.15) is 5.75 Å². The maximum atomic E-state index is 11.7. The number of carbonyl (C=O) groups excluding carboxylic acids is 1. The maximum Gasteiger partial charge on any atom is 0.238 e. The van der Waals surface area contributed by atoms with Crippen LogP contribution in [0.3, 0.4) is 0 Å². The molecule has 1 aromatic heterocycles. The number of benzene rings is 2. The molecule has 2 heterocycles. The van der Waals surface area contributed by atoms with Crippen LogP contribution in [0.25, 0.3) is 11.3 Å². The number of carbonyl (C=O) groups is 1. The minimum Gasteiger partial charge on any atom is -0.489 e.